The SMILES string of the molecule is NCc1cc(CN)c(N)c(CN)c1. The van der Waals surface area contributed by atoms with Crippen LogP contribution in [0.3, 0.4) is 0 Å². The van der Waals surface area contributed by atoms with E-state index in [1.165, 1.54) is 0 Å². The number of benzene rings is 1. The standard InChI is InChI=1S/C9H16N4/c10-3-6-1-7(4-11)9(13)8(2-6)5-12/h1-2H,3-5,10-13H2. The molecule has 1 aromatic rings. The van der Waals surface area contributed by atoms with Gasteiger partial charge in [0, 0.05) is 25.3 Å². The average molecular weight is 180 g/mol. The molecule has 0 saturated heterocycles. The van der Waals surface area contributed by atoms with Crippen LogP contribution in [-0.2, 0) is 19.6 Å². The molecule has 0 amide bonds. The number of hydrogen-bond donors (Lipinski definition) is 4. The van der Waals surface area contributed by atoms with Crippen LogP contribution in [0.5, 0.6) is 0 Å². The molecule has 0 aliphatic rings. The fourth-order valence-electron chi connectivity index (χ4n) is 1.31. The van der Waals surface area contributed by atoms with Gasteiger partial charge >= 0.3 is 0 Å². The zero-order valence-corrected chi connectivity index (χ0v) is 7.59. The molecule has 0 unspecified atom stereocenters. The summed E-state index contributed by atoms with van der Waals surface area (Å²) in [6, 6.07) is 3.85. The van der Waals surface area contributed by atoms with E-state index >= 15 is 0 Å². The van der Waals surface area contributed by atoms with Crippen LogP contribution in [0.15, 0.2) is 12.1 Å². The van der Waals surface area contributed by atoms with E-state index in [9.17, 15) is 0 Å². The lowest BCUT2D eigenvalue weighted by atomic mass is 10.0. The Morgan fingerprint density at radius 1 is 0.846 bits per heavy atom. The molecule has 0 saturated carbocycles. The van der Waals surface area contributed by atoms with Crippen molar-refractivity contribution in [2.45, 2.75) is 19.6 Å². The Morgan fingerprint density at radius 3 is 1.62 bits per heavy atom. The highest BCUT2D eigenvalue weighted by Gasteiger charge is 2.04. The summed E-state index contributed by atoms with van der Waals surface area (Å²) in [6.07, 6.45) is 0. The quantitative estimate of drug-likeness (QED) is 0.477. The molecule has 1 aromatic carbocycles. The lowest BCUT2D eigenvalue weighted by Crippen LogP contribution is -2.10. The summed E-state index contributed by atoms with van der Waals surface area (Å²) < 4.78 is 0. The molecule has 0 aliphatic heterocycles. The highest BCUT2D eigenvalue weighted by Crippen LogP contribution is 2.19. The van der Waals surface area contributed by atoms with Crippen molar-refractivity contribution in [3.05, 3.63) is 28.8 Å². The predicted molar refractivity (Wildman–Crippen MR) is 54.5 cm³/mol. The van der Waals surface area contributed by atoms with Crippen molar-refractivity contribution < 1.29 is 0 Å². The van der Waals surface area contributed by atoms with Crippen molar-refractivity contribution in [2.75, 3.05) is 5.73 Å². The van der Waals surface area contributed by atoms with E-state index in [2.05, 4.69) is 0 Å². The minimum Gasteiger partial charge on any atom is -0.398 e. The molecule has 4 nitrogen and oxygen atoms in total. The number of anilines is 1. The van der Waals surface area contributed by atoms with Crippen LogP contribution in [0.2, 0.25) is 0 Å². The minimum absolute atomic E-state index is 0.423. The van der Waals surface area contributed by atoms with Crippen LogP contribution in [0.25, 0.3) is 0 Å². The van der Waals surface area contributed by atoms with E-state index in [0.717, 1.165) is 16.7 Å². The van der Waals surface area contributed by atoms with Gasteiger partial charge in [-0.3, -0.25) is 0 Å². The summed E-state index contributed by atoms with van der Waals surface area (Å²) >= 11 is 0. The van der Waals surface area contributed by atoms with E-state index in [4.69, 9.17) is 22.9 Å². The Bertz CT molecular complexity index is 271. The van der Waals surface area contributed by atoms with Gasteiger partial charge in [0.15, 0.2) is 0 Å². The molecule has 1 rings (SSSR count). The summed E-state index contributed by atoms with van der Waals surface area (Å²) in [5, 5.41) is 0. The summed E-state index contributed by atoms with van der Waals surface area (Å²) in [7, 11) is 0. The Morgan fingerprint density at radius 2 is 1.31 bits per heavy atom. The van der Waals surface area contributed by atoms with Crippen molar-refractivity contribution in [1.29, 1.82) is 0 Å². The molecule has 0 spiro atoms. The second-order valence-corrected chi connectivity index (χ2v) is 2.94. The Balaban J connectivity index is 3.20. The average Bonchev–Trinajstić information content (AvgIpc) is 2.18. The molecular weight excluding hydrogens is 164 g/mol. The van der Waals surface area contributed by atoms with Gasteiger partial charge in [-0.25, -0.2) is 0 Å². The molecule has 4 heteroatoms. The maximum Gasteiger partial charge on any atom is 0.0405 e. The zero-order chi connectivity index (χ0) is 9.84. The van der Waals surface area contributed by atoms with Gasteiger partial charge in [0.25, 0.3) is 0 Å². The minimum atomic E-state index is 0.423. The zero-order valence-electron chi connectivity index (χ0n) is 7.59. The molecule has 0 aliphatic carbocycles. The molecule has 0 atom stereocenters. The third kappa shape index (κ3) is 1.98. The molecule has 0 radical (unpaired) electrons. The van der Waals surface area contributed by atoms with Gasteiger partial charge in [-0.05, 0) is 16.7 Å². The first-order chi connectivity index (χ1) is 6.22. The van der Waals surface area contributed by atoms with Gasteiger partial charge in [-0.1, -0.05) is 12.1 Å². The molecule has 0 bridgehead atoms. The van der Waals surface area contributed by atoms with Crippen LogP contribution in [-0.4, -0.2) is 0 Å². The summed E-state index contributed by atoms with van der Waals surface area (Å²) in [6.45, 7) is 1.33. The Kier molecular flexibility index (Phi) is 3.25. The van der Waals surface area contributed by atoms with Crippen molar-refractivity contribution in [1.82, 2.24) is 0 Å². The molecule has 13 heavy (non-hydrogen) atoms. The number of nitrogens with two attached hydrogens (primary N) is 4. The van der Waals surface area contributed by atoms with Gasteiger partial charge in [0.2, 0.25) is 0 Å². The highest BCUT2D eigenvalue weighted by molar-refractivity contribution is 5.55. The number of nitrogen functional groups attached to an aromatic ring is 1. The van der Waals surface area contributed by atoms with E-state index in [0.29, 0.717) is 25.3 Å². The molecule has 0 aromatic heterocycles. The normalized spacial score (nSPS) is 10.4. The fourth-order valence-corrected chi connectivity index (χ4v) is 1.31. The number of hydrogen-bond acceptors (Lipinski definition) is 4. The monoisotopic (exact) mass is 180 g/mol. The summed E-state index contributed by atoms with van der Waals surface area (Å²) in [5.74, 6) is 0. The summed E-state index contributed by atoms with van der Waals surface area (Å²) in [5.41, 5.74) is 26.0. The lowest BCUT2D eigenvalue weighted by molar-refractivity contribution is 0.993. The van der Waals surface area contributed by atoms with Crippen molar-refractivity contribution in [3.8, 4) is 0 Å². The van der Waals surface area contributed by atoms with Crippen LogP contribution in [0, 0.1) is 0 Å². The van der Waals surface area contributed by atoms with Crippen molar-refractivity contribution in [2.24, 2.45) is 17.2 Å². The molecular formula is C9H16N4. The fraction of sp³-hybridized carbons (Fsp3) is 0.333. The van der Waals surface area contributed by atoms with Crippen LogP contribution >= 0.6 is 0 Å². The second kappa shape index (κ2) is 4.23. The summed E-state index contributed by atoms with van der Waals surface area (Å²) in [4.78, 5) is 0. The van der Waals surface area contributed by atoms with Crippen LogP contribution < -0.4 is 22.9 Å². The smallest absolute Gasteiger partial charge is 0.0405 e. The first-order valence-corrected chi connectivity index (χ1v) is 4.23. The molecule has 8 N–H and O–H groups in total. The first kappa shape index (κ1) is 9.98. The third-order valence-corrected chi connectivity index (χ3v) is 2.09. The molecule has 0 heterocycles. The van der Waals surface area contributed by atoms with Gasteiger partial charge in [0.1, 0.15) is 0 Å². The second-order valence-electron chi connectivity index (χ2n) is 2.94. The topological polar surface area (TPSA) is 104 Å². The van der Waals surface area contributed by atoms with Gasteiger partial charge in [-0.15, -0.1) is 0 Å². The van der Waals surface area contributed by atoms with Gasteiger partial charge in [0.05, 0.1) is 0 Å². The largest absolute Gasteiger partial charge is 0.398 e. The van der Waals surface area contributed by atoms with E-state index < -0.39 is 0 Å². The van der Waals surface area contributed by atoms with E-state index in [1.54, 1.807) is 0 Å². The van der Waals surface area contributed by atoms with E-state index in [1.807, 2.05) is 12.1 Å². The third-order valence-electron chi connectivity index (χ3n) is 2.09. The van der Waals surface area contributed by atoms with Crippen molar-refractivity contribution in [3.63, 3.8) is 0 Å². The van der Waals surface area contributed by atoms with E-state index in [-0.39, 0.29) is 0 Å². The molecule has 0 fully saturated rings. The highest BCUT2D eigenvalue weighted by atomic mass is 14.6. The maximum absolute atomic E-state index is 5.83. The Labute approximate surface area is 77.9 Å². The van der Waals surface area contributed by atoms with Crippen LogP contribution in [0.4, 0.5) is 5.69 Å². The molecule has 72 valence electrons. The van der Waals surface area contributed by atoms with Gasteiger partial charge < -0.3 is 22.9 Å². The predicted octanol–water partition coefficient (Wildman–Crippen LogP) is -0.355. The lowest BCUT2D eigenvalue weighted by Gasteiger charge is -2.10. The maximum atomic E-state index is 5.83. The van der Waals surface area contributed by atoms with Crippen LogP contribution in [0.1, 0.15) is 16.7 Å². The van der Waals surface area contributed by atoms with Gasteiger partial charge in [-0.2, -0.15) is 0 Å². The van der Waals surface area contributed by atoms with Crippen molar-refractivity contribution >= 4 is 5.69 Å². The first-order valence-electron chi connectivity index (χ1n) is 4.23. The Hall–Kier alpha value is -1.10. The number of rotatable bonds is 3.